The second-order valence-corrected chi connectivity index (χ2v) is 6.60. The fraction of sp³-hybridized carbons (Fsp3) is 0.235. The van der Waals surface area contributed by atoms with Crippen molar-refractivity contribution in [2.24, 2.45) is 0 Å². The molecule has 0 saturated carbocycles. The SMILES string of the molecule is CN(Cc1ccc(N)cc1)C(=O)C1Cc2ccccc2S1. The summed E-state index contributed by atoms with van der Waals surface area (Å²) in [6.45, 7) is 0.618. The summed E-state index contributed by atoms with van der Waals surface area (Å²) in [5.41, 5.74) is 8.80. The maximum absolute atomic E-state index is 12.6. The Labute approximate surface area is 129 Å². The molecule has 108 valence electrons. The number of hydrogen-bond acceptors (Lipinski definition) is 3. The molecule has 2 N–H and O–H groups in total. The molecule has 21 heavy (non-hydrogen) atoms. The van der Waals surface area contributed by atoms with Crippen molar-refractivity contribution in [3.63, 3.8) is 0 Å². The molecule has 2 aromatic carbocycles. The summed E-state index contributed by atoms with van der Waals surface area (Å²) in [6.07, 6.45) is 0.825. The van der Waals surface area contributed by atoms with E-state index >= 15 is 0 Å². The number of amides is 1. The van der Waals surface area contributed by atoms with E-state index in [0.717, 1.165) is 17.7 Å². The number of fused-ring (bicyclic) bond motifs is 1. The Kier molecular flexibility index (Phi) is 3.88. The predicted octanol–water partition coefficient (Wildman–Crippen LogP) is 2.94. The summed E-state index contributed by atoms with van der Waals surface area (Å²) in [5.74, 6) is 0.188. The average molecular weight is 298 g/mol. The van der Waals surface area contributed by atoms with Gasteiger partial charge in [0.05, 0.1) is 5.25 Å². The zero-order valence-electron chi connectivity index (χ0n) is 12.0. The topological polar surface area (TPSA) is 46.3 Å². The molecular formula is C17H18N2OS. The van der Waals surface area contributed by atoms with Crippen LogP contribution in [-0.4, -0.2) is 23.1 Å². The first-order chi connectivity index (χ1) is 10.1. The van der Waals surface area contributed by atoms with E-state index < -0.39 is 0 Å². The largest absolute Gasteiger partial charge is 0.399 e. The Balaban J connectivity index is 1.65. The minimum Gasteiger partial charge on any atom is -0.399 e. The van der Waals surface area contributed by atoms with Crippen LogP contribution >= 0.6 is 11.8 Å². The molecule has 3 nitrogen and oxygen atoms in total. The van der Waals surface area contributed by atoms with Crippen molar-refractivity contribution in [2.75, 3.05) is 12.8 Å². The molecule has 2 aromatic rings. The van der Waals surface area contributed by atoms with Crippen LogP contribution in [0.15, 0.2) is 53.4 Å². The summed E-state index contributed by atoms with van der Waals surface area (Å²) in [4.78, 5) is 15.6. The number of anilines is 1. The van der Waals surface area contributed by atoms with Crippen LogP contribution in [0.2, 0.25) is 0 Å². The van der Waals surface area contributed by atoms with Gasteiger partial charge in [0, 0.05) is 24.2 Å². The van der Waals surface area contributed by atoms with E-state index in [9.17, 15) is 4.79 Å². The average Bonchev–Trinajstić information content (AvgIpc) is 2.92. The minimum atomic E-state index is 0.00109. The van der Waals surface area contributed by atoms with Crippen LogP contribution in [0.4, 0.5) is 5.69 Å². The summed E-state index contributed by atoms with van der Waals surface area (Å²) in [5, 5.41) is 0.00109. The van der Waals surface area contributed by atoms with Crippen molar-refractivity contribution in [2.45, 2.75) is 23.1 Å². The fourth-order valence-corrected chi connectivity index (χ4v) is 3.85. The van der Waals surface area contributed by atoms with E-state index in [1.807, 2.05) is 43.4 Å². The van der Waals surface area contributed by atoms with Crippen molar-refractivity contribution in [3.8, 4) is 0 Å². The molecule has 1 heterocycles. The van der Waals surface area contributed by atoms with E-state index in [1.165, 1.54) is 10.5 Å². The molecule has 1 aliphatic rings. The first-order valence-electron chi connectivity index (χ1n) is 6.97. The highest BCUT2D eigenvalue weighted by Crippen LogP contribution is 2.37. The molecule has 1 atom stereocenters. The van der Waals surface area contributed by atoms with Gasteiger partial charge in [-0.2, -0.15) is 0 Å². The second-order valence-electron chi connectivity index (χ2n) is 5.35. The summed E-state index contributed by atoms with van der Waals surface area (Å²) >= 11 is 1.67. The van der Waals surface area contributed by atoms with Crippen molar-refractivity contribution >= 4 is 23.4 Å². The molecular weight excluding hydrogens is 280 g/mol. The molecule has 1 unspecified atom stereocenters. The zero-order chi connectivity index (χ0) is 14.8. The van der Waals surface area contributed by atoms with Gasteiger partial charge in [-0.05, 0) is 35.7 Å². The first-order valence-corrected chi connectivity index (χ1v) is 7.85. The van der Waals surface area contributed by atoms with Gasteiger partial charge in [0.1, 0.15) is 0 Å². The molecule has 0 bridgehead atoms. The van der Waals surface area contributed by atoms with Gasteiger partial charge < -0.3 is 10.6 Å². The van der Waals surface area contributed by atoms with Gasteiger partial charge in [-0.3, -0.25) is 4.79 Å². The van der Waals surface area contributed by atoms with Crippen LogP contribution < -0.4 is 5.73 Å². The summed E-state index contributed by atoms with van der Waals surface area (Å²) in [6, 6.07) is 15.9. The molecule has 1 aliphatic heterocycles. The van der Waals surface area contributed by atoms with Crippen LogP contribution in [0.5, 0.6) is 0 Å². The van der Waals surface area contributed by atoms with Gasteiger partial charge in [-0.1, -0.05) is 30.3 Å². The van der Waals surface area contributed by atoms with Gasteiger partial charge >= 0.3 is 0 Å². The number of nitrogen functional groups attached to an aromatic ring is 1. The van der Waals surface area contributed by atoms with Gasteiger partial charge in [-0.25, -0.2) is 0 Å². The molecule has 0 spiro atoms. The van der Waals surface area contributed by atoms with E-state index in [2.05, 4.69) is 12.1 Å². The van der Waals surface area contributed by atoms with E-state index in [0.29, 0.717) is 6.54 Å². The lowest BCUT2D eigenvalue weighted by Crippen LogP contribution is -2.34. The van der Waals surface area contributed by atoms with Crippen molar-refractivity contribution < 1.29 is 4.79 Å². The molecule has 1 amide bonds. The van der Waals surface area contributed by atoms with Crippen LogP contribution in [0.1, 0.15) is 11.1 Å². The maximum atomic E-state index is 12.6. The number of benzene rings is 2. The van der Waals surface area contributed by atoms with Gasteiger partial charge in [0.15, 0.2) is 0 Å². The molecule has 3 rings (SSSR count). The monoisotopic (exact) mass is 298 g/mol. The number of nitrogens with zero attached hydrogens (tertiary/aromatic N) is 1. The Bertz CT molecular complexity index is 629. The van der Waals surface area contributed by atoms with Crippen molar-refractivity contribution in [3.05, 3.63) is 59.7 Å². The first kappa shape index (κ1) is 14.0. The Morgan fingerprint density at radius 2 is 1.95 bits per heavy atom. The lowest BCUT2D eigenvalue weighted by atomic mass is 10.1. The third-order valence-electron chi connectivity index (χ3n) is 3.70. The van der Waals surface area contributed by atoms with Gasteiger partial charge in [-0.15, -0.1) is 11.8 Å². The third kappa shape index (κ3) is 3.05. The minimum absolute atomic E-state index is 0.00109. The quantitative estimate of drug-likeness (QED) is 0.886. The normalized spacial score (nSPS) is 16.5. The number of carbonyl (C=O) groups excluding carboxylic acids is 1. The number of rotatable bonds is 3. The molecule has 0 radical (unpaired) electrons. The molecule has 0 fully saturated rings. The Morgan fingerprint density at radius 1 is 1.24 bits per heavy atom. The van der Waals surface area contributed by atoms with Crippen LogP contribution in [0, 0.1) is 0 Å². The zero-order valence-corrected chi connectivity index (χ0v) is 12.8. The number of carbonyl (C=O) groups is 1. The maximum Gasteiger partial charge on any atom is 0.236 e. The Morgan fingerprint density at radius 3 is 2.67 bits per heavy atom. The number of hydrogen-bond donors (Lipinski definition) is 1. The van der Waals surface area contributed by atoms with E-state index in [4.69, 9.17) is 5.73 Å². The third-order valence-corrected chi connectivity index (χ3v) is 5.00. The standard InChI is InChI=1S/C17H18N2OS/c1-19(11-12-6-8-14(18)9-7-12)17(20)16-10-13-4-2-3-5-15(13)21-16/h2-9,16H,10-11,18H2,1H3. The summed E-state index contributed by atoms with van der Waals surface area (Å²) in [7, 11) is 1.86. The highest BCUT2D eigenvalue weighted by atomic mass is 32.2. The highest BCUT2D eigenvalue weighted by molar-refractivity contribution is 8.01. The predicted molar refractivity (Wildman–Crippen MR) is 87.1 cm³/mol. The highest BCUT2D eigenvalue weighted by Gasteiger charge is 2.29. The van der Waals surface area contributed by atoms with E-state index in [-0.39, 0.29) is 11.2 Å². The smallest absolute Gasteiger partial charge is 0.236 e. The molecule has 0 aliphatic carbocycles. The van der Waals surface area contributed by atoms with Crippen molar-refractivity contribution in [1.29, 1.82) is 0 Å². The fourth-order valence-electron chi connectivity index (χ4n) is 2.54. The number of thioether (sulfide) groups is 1. The van der Waals surface area contributed by atoms with E-state index in [1.54, 1.807) is 16.7 Å². The lowest BCUT2D eigenvalue weighted by Gasteiger charge is -2.20. The van der Waals surface area contributed by atoms with Crippen LogP contribution in [0.3, 0.4) is 0 Å². The Hall–Kier alpha value is -1.94. The van der Waals surface area contributed by atoms with Crippen LogP contribution in [-0.2, 0) is 17.8 Å². The summed E-state index contributed by atoms with van der Waals surface area (Å²) < 4.78 is 0. The lowest BCUT2D eigenvalue weighted by molar-refractivity contribution is -0.129. The van der Waals surface area contributed by atoms with Gasteiger partial charge in [0.2, 0.25) is 5.91 Å². The van der Waals surface area contributed by atoms with Crippen molar-refractivity contribution in [1.82, 2.24) is 4.90 Å². The molecule has 4 heteroatoms. The van der Waals surface area contributed by atoms with Gasteiger partial charge in [0.25, 0.3) is 0 Å². The molecule has 0 aromatic heterocycles. The second kappa shape index (κ2) is 5.82. The number of nitrogens with two attached hydrogens (primary N) is 1. The molecule has 0 saturated heterocycles. The van der Waals surface area contributed by atoms with Crippen LogP contribution in [0.25, 0.3) is 0 Å².